The highest BCUT2D eigenvalue weighted by atomic mass is 32.2. The molecule has 0 aromatic carbocycles. The van der Waals surface area contributed by atoms with Crippen molar-refractivity contribution in [1.29, 1.82) is 0 Å². The molecule has 0 spiro atoms. The summed E-state index contributed by atoms with van der Waals surface area (Å²) < 4.78 is 33.7. The third-order valence-electron chi connectivity index (χ3n) is 2.83. The first-order valence-corrected chi connectivity index (χ1v) is 5.90. The summed E-state index contributed by atoms with van der Waals surface area (Å²) in [5.41, 5.74) is -0.603. The van der Waals surface area contributed by atoms with E-state index in [4.69, 9.17) is 8.92 Å². The van der Waals surface area contributed by atoms with E-state index in [0.29, 0.717) is 6.42 Å². The van der Waals surface area contributed by atoms with Crippen LogP contribution < -0.4 is 0 Å². The fraction of sp³-hybridized carbons (Fsp3) is 1.00. The first-order valence-electron chi connectivity index (χ1n) is 4.43. The molecule has 5 heteroatoms. The second kappa shape index (κ2) is 2.46. The van der Waals surface area contributed by atoms with Crippen molar-refractivity contribution in [3.63, 3.8) is 0 Å². The molecule has 2 aliphatic heterocycles. The van der Waals surface area contributed by atoms with Gasteiger partial charge in [0.25, 0.3) is 10.1 Å². The van der Waals surface area contributed by atoms with Crippen LogP contribution in [-0.2, 0) is 19.0 Å². The van der Waals surface area contributed by atoms with Gasteiger partial charge < -0.3 is 4.74 Å². The third kappa shape index (κ3) is 1.30. The highest BCUT2D eigenvalue weighted by Gasteiger charge is 2.55. The first-order chi connectivity index (χ1) is 5.83. The largest absolute Gasteiger partial charge is 0.368 e. The Hall–Kier alpha value is -0.130. The van der Waals surface area contributed by atoms with Gasteiger partial charge in [-0.05, 0) is 27.2 Å². The maximum Gasteiger partial charge on any atom is 0.273 e. The monoisotopic (exact) mass is 206 g/mol. The molecule has 2 fully saturated rings. The molecule has 13 heavy (non-hydrogen) atoms. The fourth-order valence-electron chi connectivity index (χ4n) is 2.10. The van der Waals surface area contributed by atoms with Crippen molar-refractivity contribution in [3.8, 4) is 0 Å². The summed E-state index contributed by atoms with van der Waals surface area (Å²) in [4.78, 5) is 0. The minimum atomic E-state index is -3.41. The number of rotatable bonds is 0. The molecule has 0 aromatic heterocycles. The van der Waals surface area contributed by atoms with Gasteiger partial charge in [-0.3, -0.25) is 4.18 Å². The van der Waals surface area contributed by atoms with Crippen molar-refractivity contribution >= 4 is 10.1 Å². The van der Waals surface area contributed by atoms with Crippen LogP contribution in [0.2, 0.25) is 0 Å². The molecule has 2 saturated heterocycles. The summed E-state index contributed by atoms with van der Waals surface area (Å²) in [7, 11) is -3.41. The Morgan fingerprint density at radius 1 is 1.38 bits per heavy atom. The average molecular weight is 206 g/mol. The van der Waals surface area contributed by atoms with Crippen molar-refractivity contribution in [2.75, 3.05) is 0 Å². The lowest BCUT2D eigenvalue weighted by molar-refractivity contribution is -0.0460. The molecule has 2 rings (SSSR count). The van der Waals surface area contributed by atoms with E-state index in [-0.39, 0.29) is 12.2 Å². The van der Waals surface area contributed by atoms with Crippen LogP contribution in [0.1, 0.15) is 27.2 Å². The summed E-state index contributed by atoms with van der Waals surface area (Å²) in [5, 5.41) is -0.499. The zero-order valence-corrected chi connectivity index (χ0v) is 8.80. The molecule has 0 aliphatic carbocycles. The summed E-state index contributed by atoms with van der Waals surface area (Å²) in [6, 6.07) is 0. The molecule has 76 valence electrons. The van der Waals surface area contributed by atoms with E-state index in [2.05, 4.69) is 0 Å². The normalized spacial score (nSPS) is 46.2. The van der Waals surface area contributed by atoms with Gasteiger partial charge in [0.1, 0.15) is 11.4 Å². The van der Waals surface area contributed by atoms with Crippen LogP contribution in [-0.4, -0.2) is 31.5 Å². The van der Waals surface area contributed by atoms with Crippen LogP contribution in [0.4, 0.5) is 0 Å². The second-order valence-electron chi connectivity index (χ2n) is 4.28. The lowest BCUT2D eigenvalue weighted by atomic mass is 10.0. The van der Waals surface area contributed by atoms with Crippen LogP contribution in [0.5, 0.6) is 0 Å². The number of ether oxygens (including phenoxy) is 1. The molecule has 4 nitrogen and oxygen atoms in total. The van der Waals surface area contributed by atoms with Gasteiger partial charge in [-0.15, -0.1) is 0 Å². The molecule has 2 heterocycles. The van der Waals surface area contributed by atoms with Crippen LogP contribution in [0.25, 0.3) is 0 Å². The maximum absolute atomic E-state index is 11.6. The van der Waals surface area contributed by atoms with Gasteiger partial charge in [0.05, 0.1) is 11.7 Å². The van der Waals surface area contributed by atoms with E-state index < -0.39 is 21.0 Å². The van der Waals surface area contributed by atoms with E-state index in [9.17, 15) is 8.42 Å². The van der Waals surface area contributed by atoms with Gasteiger partial charge in [0.15, 0.2) is 0 Å². The van der Waals surface area contributed by atoms with Gasteiger partial charge in [-0.1, -0.05) is 0 Å². The van der Waals surface area contributed by atoms with Crippen LogP contribution in [0.15, 0.2) is 0 Å². The lowest BCUT2D eigenvalue weighted by Crippen LogP contribution is -2.41. The molecule has 3 atom stereocenters. The number of hydrogen-bond donors (Lipinski definition) is 0. The highest BCUT2D eigenvalue weighted by molar-refractivity contribution is 7.87. The molecule has 0 radical (unpaired) electrons. The van der Waals surface area contributed by atoms with E-state index >= 15 is 0 Å². The van der Waals surface area contributed by atoms with Crippen molar-refractivity contribution in [2.45, 2.75) is 50.3 Å². The molecule has 0 aromatic rings. The number of fused-ring (bicyclic) bond motifs is 2. The predicted molar refractivity (Wildman–Crippen MR) is 46.8 cm³/mol. The minimum absolute atomic E-state index is 0.0662. The van der Waals surface area contributed by atoms with E-state index in [1.807, 2.05) is 0 Å². The van der Waals surface area contributed by atoms with E-state index in [0.717, 1.165) is 0 Å². The Bertz CT molecular complexity index is 319. The average Bonchev–Trinajstić information content (AvgIpc) is 2.20. The maximum atomic E-state index is 11.6. The summed E-state index contributed by atoms with van der Waals surface area (Å²) in [5.74, 6) is 0. The van der Waals surface area contributed by atoms with Crippen molar-refractivity contribution in [3.05, 3.63) is 0 Å². The number of hydrogen-bond acceptors (Lipinski definition) is 4. The standard InChI is InChI=1S/C8H14O4S/c1-5-6-4-7(8(2,3)11-6)13(9,10)12-5/h5-7H,4H2,1-3H3. The predicted octanol–water partition coefficient (Wildman–Crippen LogP) is 0.671. The van der Waals surface area contributed by atoms with Gasteiger partial charge >= 0.3 is 0 Å². The molecule has 0 N–H and O–H groups in total. The van der Waals surface area contributed by atoms with Gasteiger partial charge in [-0.2, -0.15) is 8.42 Å². The lowest BCUT2D eigenvalue weighted by Gasteiger charge is -2.25. The Labute approximate surface area is 78.3 Å². The third-order valence-corrected chi connectivity index (χ3v) is 4.86. The SMILES string of the molecule is CC1OS(=O)(=O)C2CC1OC2(C)C. The summed E-state index contributed by atoms with van der Waals surface area (Å²) in [6.07, 6.45) is 0.155. The van der Waals surface area contributed by atoms with Crippen LogP contribution in [0.3, 0.4) is 0 Å². The van der Waals surface area contributed by atoms with Gasteiger partial charge in [0.2, 0.25) is 0 Å². The molecule has 2 bridgehead atoms. The summed E-state index contributed by atoms with van der Waals surface area (Å²) >= 11 is 0. The quantitative estimate of drug-likeness (QED) is 0.547. The Morgan fingerprint density at radius 3 is 2.62 bits per heavy atom. The smallest absolute Gasteiger partial charge is 0.273 e. The Kier molecular flexibility index (Phi) is 1.78. The van der Waals surface area contributed by atoms with Crippen LogP contribution >= 0.6 is 0 Å². The molecule has 0 saturated carbocycles. The van der Waals surface area contributed by atoms with Crippen molar-refractivity contribution < 1.29 is 17.3 Å². The first kappa shape index (κ1) is 9.43. The Morgan fingerprint density at radius 2 is 2.00 bits per heavy atom. The zero-order chi connectivity index (χ0) is 9.85. The molecular formula is C8H14O4S. The zero-order valence-electron chi connectivity index (χ0n) is 7.98. The molecule has 2 aliphatic rings. The summed E-state index contributed by atoms with van der Waals surface area (Å²) in [6.45, 7) is 5.34. The van der Waals surface area contributed by atoms with Crippen LogP contribution in [0, 0.1) is 0 Å². The Balaban J connectivity index is 2.42. The van der Waals surface area contributed by atoms with Gasteiger partial charge in [-0.25, -0.2) is 0 Å². The van der Waals surface area contributed by atoms with Gasteiger partial charge in [0, 0.05) is 0 Å². The van der Waals surface area contributed by atoms with E-state index in [1.165, 1.54) is 0 Å². The minimum Gasteiger partial charge on any atom is -0.368 e. The van der Waals surface area contributed by atoms with Crippen molar-refractivity contribution in [1.82, 2.24) is 0 Å². The fourth-order valence-corrected chi connectivity index (χ4v) is 3.96. The highest BCUT2D eigenvalue weighted by Crippen LogP contribution is 2.41. The van der Waals surface area contributed by atoms with E-state index in [1.54, 1.807) is 20.8 Å². The molecular weight excluding hydrogens is 192 g/mol. The van der Waals surface area contributed by atoms with Crippen molar-refractivity contribution in [2.24, 2.45) is 0 Å². The second-order valence-corrected chi connectivity index (χ2v) is 6.03. The molecule has 0 amide bonds. The molecule has 3 unspecified atom stereocenters. The topological polar surface area (TPSA) is 52.6 Å².